The second-order valence-electron chi connectivity index (χ2n) is 19.2. The summed E-state index contributed by atoms with van der Waals surface area (Å²) in [6.07, 6.45) is 72.2. The van der Waals surface area contributed by atoms with E-state index in [0.29, 0.717) is 19.3 Å². The SMILES string of the molecule is CC/C=C\C/C=C\C/C=C\C/C=C\C/C=C\C/C=C\CCCCCCCCCCCCCCCCC(=O)OCC(COC(=O)CCCCCCCCCC)OC(=O)CCCCCCCCCCC. The molecule has 0 aliphatic carbocycles. The third kappa shape index (κ3) is 53.8. The lowest BCUT2D eigenvalue weighted by molar-refractivity contribution is -0.167. The summed E-state index contributed by atoms with van der Waals surface area (Å²) >= 11 is 0. The average Bonchev–Trinajstić information content (AvgIpc) is 3.34. The van der Waals surface area contributed by atoms with E-state index in [2.05, 4.69) is 93.7 Å². The average molecular weight is 950 g/mol. The fourth-order valence-corrected chi connectivity index (χ4v) is 8.15. The van der Waals surface area contributed by atoms with Crippen LogP contribution in [-0.2, 0) is 28.6 Å². The van der Waals surface area contributed by atoms with E-state index in [1.807, 2.05) is 0 Å². The molecule has 0 spiro atoms. The van der Waals surface area contributed by atoms with E-state index < -0.39 is 6.10 Å². The number of esters is 3. The summed E-state index contributed by atoms with van der Waals surface area (Å²) in [4.78, 5) is 37.8. The van der Waals surface area contributed by atoms with Gasteiger partial charge >= 0.3 is 17.9 Å². The molecule has 0 N–H and O–H groups in total. The van der Waals surface area contributed by atoms with Gasteiger partial charge in [-0.05, 0) is 70.6 Å². The molecule has 1 unspecified atom stereocenters. The standard InChI is InChI=1S/C62H108O6/c1-4-7-10-13-16-19-20-21-22-23-24-25-26-27-28-29-30-31-32-33-34-35-36-37-38-39-40-41-42-44-46-49-52-55-61(64)67-58-59(57-66-60(63)54-51-48-45-18-15-12-9-6-3)68-62(65)56-53-50-47-43-17-14-11-8-5-2/h7,10,16,19,21-22,24-25,27-28,30-31,59H,4-6,8-9,11-15,17-18,20,23,26,29,32-58H2,1-3H3/b10-7-,19-16-,22-21-,25-24-,28-27-,31-30-. The zero-order valence-electron chi connectivity index (χ0n) is 44.9. The van der Waals surface area contributed by atoms with Crippen LogP contribution in [0.2, 0.25) is 0 Å². The second-order valence-corrected chi connectivity index (χ2v) is 19.2. The number of allylic oxidation sites excluding steroid dienone is 12. The van der Waals surface area contributed by atoms with Crippen molar-refractivity contribution in [2.45, 2.75) is 290 Å². The molecule has 0 rings (SSSR count). The predicted molar refractivity (Wildman–Crippen MR) is 293 cm³/mol. The molecular weight excluding hydrogens is 841 g/mol. The molecule has 0 aromatic carbocycles. The highest BCUT2D eigenvalue weighted by Crippen LogP contribution is 2.16. The van der Waals surface area contributed by atoms with Gasteiger partial charge in [-0.1, -0.05) is 267 Å². The lowest BCUT2D eigenvalue weighted by atomic mass is 10.0. The molecule has 6 heteroatoms. The molecule has 0 saturated carbocycles. The first kappa shape index (κ1) is 64.8. The molecule has 0 radical (unpaired) electrons. The van der Waals surface area contributed by atoms with Crippen LogP contribution in [0.25, 0.3) is 0 Å². The van der Waals surface area contributed by atoms with E-state index in [0.717, 1.165) is 96.3 Å². The van der Waals surface area contributed by atoms with E-state index in [1.54, 1.807) is 0 Å². The summed E-state index contributed by atoms with van der Waals surface area (Å²) in [5.74, 6) is -0.871. The number of hydrogen-bond acceptors (Lipinski definition) is 6. The quantitative estimate of drug-likeness (QED) is 0.0262. The number of carbonyl (C=O) groups excluding carboxylic acids is 3. The molecule has 68 heavy (non-hydrogen) atoms. The normalized spacial score (nSPS) is 12.6. The molecule has 0 bridgehead atoms. The Bertz CT molecular complexity index is 1270. The van der Waals surface area contributed by atoms with Gasteiger partial charge in [0.2, 0.25) is 0 Å². The minimum atomic E-state index is -0.767. The monoisotopic (exact) mass is 949 g/mol. The molecule has 0 aliphatic heterocycles. The van der Waals surface area contributed by atoms with E-state index >= 15 is 0 Å². The van der Waals surface area contributed by atoms with Crippen molar-refractivity contribution in [3.8, 4) is 0 Å². The first-order valence-electron chi connectivity index (χ1n) is 28.9. The number of ether oxygens (including phenoxy) is 3. The summed E-state index contributed by atoms with van der Waals surface area (Å²) in [5.41, 5.74) is 0. The molecule has 0 fully saturated rings. The van der Waals surface area contributed by atoms with Gasteiger partial charge in [-0.2, -0.15) is 0 Å². The van der Waals surface area contributed by atoms with Gasteiger partial charge < -0.3 is 14.2 Å². The maximum atomic E-state index is 12.7. The van der Waals surface area contributed by atoms with Crippen LogP contribution in [0, 0.1) is 0 Å². The Morgan fingerprint density at radius 1 is 0.309 bits per heavy atom. The van der Waals surface area contributed by atoms with Gasteiger partial charge in [0.25, 0.3) is 0 Å². The summed E-state index contributed by atoms with van der Waals surface area (Å²) < 4.78 is 16.7. The highest BCUT2D eigenvalue weighted by molar-refractivity contribution is 5.71. The summed E-state index contributed by atoms with van der Waals surface area (Å²) in [6, 6.07) is 0. The first-order chi connectivity index (χ1) is 33.5. The Morgan fingerprint density at radius 3 is 0.897 bits per heavy atom. The molecule has 0 aliphatic rings. The molecule has 0 aromatic heterocycles. The molecule has 0 amide bonds. The van der Waals surface area contributed by atoms with Crippen LogP contribution < -0.4 is 0 Å². The minimum Gasteiger partial charge on any atom is -0.462 e. The molecule has 6 nitrogen and oxygen atoms in total. The van der Waals surface area contributed by atoms with Crippen molar-refractivity contribution >= 4 is 17.9 Å². The van der Waals surface area contributed by atoms with Gasteiger partial charge in [0.15, 0.2) is 6.10 Å². The van der Waals surface area contributed by atoms with Crippen molar-refractivity contribution in [2.24, 2.45) is 0 Å². The largest absolute Gasteiger partial charge is 0.462 e. The van der Waals surface area contributed by atoms with Crippen LogP contribution in [0.15, 0.2) is 72.9 Å². The van der Waals surface area contributed by atoms with E-state index in [1.165, 1.54) is 148 Å². The molecular formula is C62H108O6. The molecule has 0 aromatic rings. The minimum absolute atomic E-state index is 0.0705. The molecule has 392 valence electrons. The van der Waals surface area contributed by atoms with Crippen molar-refractivity contribution in [3.63, 3.8) is 0 Å². The van der Waals surface area contributed by atoms with Gasteiger partial charge in [0.05, 0.1) is 0 Å². The number of carbonyl (C=O) groups is 3. The van der Waals surface area contributed by atoms with Crippen molar-refractivity contribution in [1.82, 2.24) is 0 Å². The first-order valence-corrected chi connectivity index (χ1v) is 28.9. The van der Waals surface area contributed by atoms with Gasteiger partial charge in [-0.15, -0.1) is 0 Å². The molecule has 1 atom stereocenters. The van der Waals surface area contributed by atoms with Gasteiger partial charge in [-0.25, -0.2) is 0 Å². The second kappa shape index (κ2) is 56.4. The van der Waals surface area contributed by atoms with E-state index in [-0.39, 0.29) is 31.1 Å². The zero-order valence-corrected chi connectivity index (χ0v) is 44.9. The Morgan fingerprint density at radius 2 is 0.574 bits per heavy atom. The zero-order chi connectivity index (χ0) is 49.3. The number of hydrogen-bond donors (Lipinski definition) is 0. The Labute approximate surface area is 421 Å². The smallest absolute Gasteiger partial charge is 0.306 e. The third-order valence-electron chi connectivity index (χ3n) is 12.5. The van der Waals surface area contributed by atoms with Crippen LogP contribution in [0.1, 0.15) is 284 Å². The maximum Gasteiger partial charge on any atom is 0.306 e. The highest BCUT2D eigenvalue weighted by atomic mass is 16.6. The van der Waals surface area contributed by atoms with Gasteiger partial charge in [-0.3, -0.25) is 14.4 Å². The fraction of sp³-hybridized carbons (Fsp3) is 0.758. The topological polar surface area (TPSA) is 78.9 Å². The lowest BCUT2D eigenvalue weighted by Crippen LogP contribution is -2.30. The summed E-state index contributed by atoms with van der Waals surface area (Å²) in [7, 11) is 0. The summed E-state index contributed by atoms with van der Waals surface area (Å²) in [6.45, 7) is 6.49. The highest BCUT2D eigenvalue weighted by Gasteiger charge is 2.19. The van der Waals surface area contributed by atoms with Crippen LogP contribution in [0.4, 0.5) is 0 Å². The van der Waals surface area contributed by atoms with Crippen molar-refractivity contribution in [2.75, 3.05) is 13.2 Å². The predicted octanol–water partition coefficient (Wildman–Crippen LogP) is 19.4. The number of unbranched alkanes of at least 4 members (excludes halogenated alkanes) is 29. The third-order valence-corrected chi connectivity index (χ3v) is 12.5. The fourth-order valence-electron chi connectivity index (χ4n) is 8.15. The van der Waals surface area contributed by atoms with Crippen molar-refractivity contribution in [3.05, 3.63) is 72.9 Å². The van der Waals surface area contributed by atoms with Crippen LogP contribution >= 0.6 is 0 Å². The molecule has 0 heterocycles. The lowest BCUT2D eigenvalue weighted by Gasteiger charge is -2.18. The van der Waals surface area contributed by atoms with Crippen LogP contribution in [0.3, 0.4) is 0 Å². The Balaban J connectivity index is 3.97. The van der Waals surface area contributed by atoms with Crippen molar-refractivity contribution in [1.29, 1.82) is 0 Å². The Kier molecular flexibility index (Phi) is 53.8. The summed E-state index contributed by atoms with van der Waals surface area (Å²) in [5, 5.41) is 0. The van der Waals surface area contributed by atoms with Gasteiger partial charge in [0.1, 0.15) is 13.2 Å². The van der Waals surface area contributed by atoms with E-state index in [9.17, 15) is 14.4 Å². The molecule has 0 saturated heterocycles. The van der Waals surface area contributed by atoms with Crippen LogP contribution in [-0.4, -0.2) is 37.2 Å². The van der Waals surface area contributed by atoms with Crippen molar-refractivity contribution < 1.29 is 28.6 Å². The van der Waals surface area contributed by atoms with Crippen LogP contribution in [0.5, 0.6) is 0 Å². The maximum absolute atomic E-state index is 12.7. The Hall–Kier alpha value is -3.15. The number of rotatable bonds is 52. The van der Waals surface area contributed by atoms with Gasteiger partial charge in [0, 0.05) is 19.3 Å². The van der Waals surface area contributed by atoms with E-state index in [4.69, 9.17) is 14.2 Å².